The zero-order valence-electron chi connectivity index (χ0n) is 15.7. The van der Waals surface area contributed by atoms with Crippen LogP contribution in [-0.2, 0) is 17.8 Å². The maximum Gasteiger partial charge on any atom is 0.342 e. The summed E-state index contributed by atoms with van der Waals surface area (Å²) in [6, 6.07) is 16.4. The molecule has 0 aliphatic rings. The van der Waals surface area contributed by atoms with Gasteiger partial charge in [0.2, 0.25) is 0 Å². The van der Waals surface area contributed by atoms with E-state index in [1.807, 2.05) is 37.3 Å². The van der Waals surface area contributed by atoms with Crippen LogP contribution in [0.5, 0.6) is 11.5 Å². The van der Waals surface area contributed by atoms with Crippen molar-refractivity contribution < 1.29 is 23.5 Å². The van der Waals surface area contributed by atoms with Crippen molar-refractivity contribution in [3.05, 3.63) is 71.9 Å². The van der Waals surface area contributed by atoms with Gasteiger partial charge < -0.3 is 18.7 Å². The summed E-state index contributed by atoms with van der Waals surface area (Å²) in [5, 5.41) is 3.83. The molecular weight excluding hydrogens is 360 g/mol. The minimum absolute atomic E-state index is 0.0823. The summed E-state index contributed by atoms with van der Waals surface area (Å²) in [4.78, 5) is 16.6. The smallest absolute Gasteiger partial charge is 0.342 e. The Morgan fingerprint density at radius 3 is 2.57 bits per heavy atom. The van der Waals surface area contributed by atoms with Gasteiger partial charge in [-0.3, -0.25) is 0 Å². The quantitative estimate of drug-likeness (QED) is 0.389. The minimum atomic E-state index is -0.519. The average molecular weight is 382 g/mol. The second kappa shape index (κ2) is 10.1. The Labute approximate surface area is 163 Å². The summed E-state index contributed by atoms with van der Waals surface area (Å²) in [6.07, 6.45) is 1.64. The van der Waals surface area contributed by atoms with E-state index < -0.39 is 5.97 Å². The van der Waals surface area contributed by atoms with Crippen molar-refractivity contribution in [2.24, 2.45) is 0 Å². The van der Waals surface area contributed by atoms with Gasteiger partial charge in [0.1, 0.15) is 30.3 Å². The van der Waals surface area contributed by atoms with E-state index in [4.69, 9.17) is 18.7 Å². The summed E-state index contributed by atoms with van der Waals surface area (Å²) in [6.45, 7) is 2.59. The number of carbonyl (C=O) groups is 1. The van der Waals surface area contributed by atoms with Gasteiger partial charge in [0.15, 0.2) is 12.4 Å². The molecule has 28 heavy (non-hydrogen) atoms. The molecule has 0 amide bonds. The second-order valence-corrected chi connectivity index (χ2v) is 5.94. The Morgan fingerprint density at radius 1 is 1.00 bits per heavy atom. The van der Waals surface area contributed by atoms with Gasteiger partial charge in [-0.1, -0.05) is 42.4 Å². The third kappa shape index (κ3) is 5.57. The zero-order chi connectivity index (χ0) is 19.6. The molecular formula is C21H22N2O5. The average Bonchev–Trinajstić information content (AvgIpc) is 3.18. The molecule has 0 aliphatic carbocycles. The highest BCUT2D eigenvalue weighted by Gasteiger charge is 2.15. The maximum atomic E-state index is 12.4. The number of nitrogens with zero attached hydrogens (tertiary/aromatic N) is 2. The summed E-state index contributed by atoms with van der Waals surface area (Å²) in [7, 11) is 0. The van der Waals surface area contributed by atoms with Crippen molar-refractivity contribution in [1.82, 2.24) is 10.1 Å². The molecule has 0 bridgehead atoms. The summed E-state index contributed by atoms with van der Waals surface area (Å²) < 4.78 is 21.6. The van der Waals surface area contributed by atoms with Gasteiger partial charge in [0.05, 0.1) is 0 Å². The molecule has 0 spiro atoms. The number of carbonyl (C=O) groups excluding carboxylic acids is 1. The molecule has 7 heteroatoms. The highest BCUT2D eigenvalue weighted by atomic mass is 16.6. The highest BCUT2D eigenvalue weighted by Crippen LogP contribution is 2.19. The monoisotopic (exact) mass is 382 g/mol. The Kier molecular flexibility index (Phi) is 7.01. The largest absolute Gasteiger partial charge is 0.490 e. The number of rotatable bonds is 10. The Hall–Kier alpha value is -3.35. The molecule has 1 aromatic heterocycles. The van der Waals surface area contributed by atoms with E-state index in [2.05, 4.69) is 10.1 Å². The van der Waals surface area contributed by atoms with Crippen LogP contribution in [0.15, 0.2) is 59.1 Å². The highest BCUT2D eigenvalue weighted by molar-refractivity contribution is 5.92. The lowest BCUT2D eigenvalue weighted by Crippen LogP contribution is -2.12. The van der Waals surface area contributed by atoms with Gasteiger partial charge in [-0.05, 0) is 30.7 Å². The molecule has 3 aromatic rings. The molecule has 0 fully saturated rings. The lowest BCUT2D eigenvalue weighted by Gasteiger charge is -2.11. The first-order chi connectivity index (χ1) is 13.8. The first-order valence-electron chi connectivity index (χ1n) is 9.14. The molecule has 0 saturated heterocycles. The van der Waals surface area contributed by atoms with E-state index in [0.717, 1.165) is 18.6 Å². The standard InChI is InChI=1S/C21H22N2O5/c1-2-8-19-22-20(28-23-19)15-27-21(24)17-11-6-7-12-18(17)26-14-13-25-16-9-4-3-5-10-16/h3-7,9-12H,2,8,13-15H2,1H3. The lowest BCUT2D eigenvalue weighted by molar-refractivity contribution is 0.0424. The molecule has 3 rings (SSSR count). The predicted molar refractivity (Wildman–Crippen MR) is 101 cm³/mol. The van der Waals surface area contributed by atoms with Gasteiger partial charge in [0.25, 0.3) is 5.89 Å². The Bertz CT molecular complexity index is 879. The number of aromatic nitrogens is 2. The van der Waals surface area contributed by atoms with E-state index >= 15 is 0 Å². The number of aryl methyl sites for hydroxylation is 1. The van der Waals surface area contributed by atoms with Gasteiger partial charge in [-0.15, -0.1) is 0 Å². The molecule has 0 radical (unpaired) electrons. The SMILES string of the molecule is CCCc1noc(COC(=O)c2ccccc2OCCOc2ccccc2)n1. The van der Waals surface area contributed by atoms with Crippen molar-refractivity contribution in [1.29, 1.82) is 0 Å². The molecule has 146 valence electrons. The van der Waals surface area contributed by atoms with E-state index in [-0.39, 0.29) is 12.5 Å². The summed E-state index contributed by atoms with van der Waals surface area (Å²) in [5.41, 5.74) is 0.329. The van der Waals surface area contributed by atoms with Crippen molar-refractivity contribution >= 4 is 5.97 Å². The van der Waals surface area contributed by atoms with Crippen LogP contribution in [0, 0.1) is 0 Å². The van der Waals surface area contributed by atoms with E-state index in [1.54, 1.807) is 24.3 Å². The van der Waals surface area contributed by atoms with Gasteiger partial charge in [-0.25, -0.2) is 4.79 Å². The van der Waals surface area contributed by atoms with Crippen LogP contribution in [0.4, 0.5) is 0 Å². The molecule has 1 heterocycles. The minimum Gasteiger partial charge on any atom is -0.490 e. The van der Waals surface area contributed by atoms with Crippen molar-refractivity contribution in [2.45, 2.75) is 26.4 Å². The number of ether oxygens (including phenoxy) is 3. The molecule has 0 unspecified atom stereocenters. The summed E-state index contributed by atoms with van der Waals surface area (Å²) >= 11 is 0. The van der Waals surface area contributed by atoms with E-state index in [0.29, 0.717) is 30.4 Å². The van der Waals surface area contributed by atoms with Crippen LogP contribution < -0.4 is 9.47 Å². The van der Waals surface area contributed by atoms with Gasteiger partial charge in [0, 0.05) is 6.42 Å². The van der Waals surface area contributed by atoms with Crippen LogP contribution in [0.1, 0.15) is 35.4 Å². The van der Waals surface area contributed by atoms with Crippen LogP contribution >= 0.6 is 0 Å². The first kappa shape index (κ1) is 19.4. The lowest BCUT2D eigenvalue weighted by atomic mass is 10.2. The molecule has 0 aliphatic heterocycles. The summed E-state index contributed by atoms with van der Waals surface area (Å²) in [5.74, 6) is 1.55. The van der Waals surface area contributed by atoms with E-state index in [9.17, 15) is 4.79 Å². The fraction of sp³-hybridized carbons (Fsp3) is 0.286. The van der Waals surface area contributed by atoms with Gasteiger partial charge >= 0.3 is 5.97 Å². The first-order valence-corrected chi connectivity index (χ1v) is 9.14. The van der Waals surface area contributed by atoms with Gasteiger partial charge in [-0.2, -0.15) is 4.98 Å². The third-order valence-electron chi connectivity index (χ3n) is 3.77. The second-order valence-electron chi connectivity index (χ2n) is 5.94. The fourth-order valence-corrected chi connectivity index (χ4v) is 2.47. The Balaban J connectivity index is 1.51. The van der Waals surface area contributed by atoms with E-state index in [1.165, 1.54) is 0 Å². The molecule has 0 saturated carbocycles. The number of para-hydroxylation sites is 2. The number of benzene rings is 2. The van der Waals surface area contributed by atoms with Crippen LogP contribution in [0.25, 0.3) is 0 Å². The van der Waals surface area contributed by atoms with Crippen molar-refractivity contribution in [3.63, 3.8) is 0 Å². The fourth-order valence-electron chi connectivity index (χ4n) is 2.47. The third-order valence-corrected chi connectivity index (χ3v) is 3.77. The van der Waals surface area contributed by atoms with Crippen molar-refractivity contribution in [2.75, 3.05) is 13.2 Å². The molecule has 7 nitrogen and oxygen atoms in total. The predicted octanol–water partition coefficient (Wildman–Crippen LogP) is 3.84. The maximum absolute atomic E-state index is 12.4. The topological polar surface area (TPSA) is 83.7 Å². The van der Waals surface area contributed by atoms with Crippen LogP contribution in [0.3, 0.4) is 0 Å². The molecule has 0 atom stereocenters. The number of hydrogen-bond acceptors (Lipinski definition) is 7. The van der Waals surface area contributed by atoms with Crippen LogP contribution in [-0.4, -0.2) is 29.3 Å². The normalized spacial score (nSPS) is 10.5. The molecule has 0 N–H and O–H groups in total. The number of esters is 1. The van der Waals surface area contributed by atoms with Crippen LogP contribution in [0.2, 0.25) is 0 Å². The van der Waals surface area contributed by atoms with Crippen molar-refractivity contribution in [3.8, 4) is 11.5 Å². The Morgan fingerprint density at radius 2 is 1.75 bits per heavy atom. The number of hydrogen-bond donors (Lipinski definition) is 0. The molecule has 2 aromatic carbocycles. The zero-order valence-corrected chi connectivity index (χ0v) is 15.7.